The summed E-state index contributed by atoms with van der Waals surface area (Å²) in [6.07, 6.45) is 10.4. The maximum absolute atomic E-state index is 12.7. The van der Waals surface area contributed by atoms with Gasteiger partial charge in [-0.3, -0.25) is 9.78 Å². The van der Waals surface area contributed by atoms with E-state index >= 15 is 0 Å². The van der Waals surface area contributed by atoms with Crippen molar-refractivity contribution in [2.24, 2.45) is 11.8 Å². The van der Waals surface area contributed by atoms with Gasteiger partial charge in [0.05, 0.1) is 30.2 Å². The molecule has 1 aliphatic carbocycles. The first-order valence-electron chi connectivity index (χ1n) is 9.89. The molecule has 1 amide bonds. The lowest BCUT2D eigenvalue weighted by Crippen LogP contribution is -2.37. The smallest absolute Gasteiger partial charge is 0.257 e. The Morgan fingerprint density at radius 1 is 1.17 bits per heavy atom. The summed E-state index contributed by atoms with van der Waals surface area (Å²) in [4.78, 5) is 18.7. The average Bonchev–Trinajstić information content (AvgIpc) is 3.53. The van der Waals surface area contributed by atoms with Gasteiger partial charge in [0.25, 0.3) is 5.91 Å². The Bertz CT molecular complexity index is 971. The van der Waals surface area contributed by atoms with Crippen molar-refractivity contribution in [1.82, 2.24) is 24.9 Å². The minimum Gasteiger partial charge on any atom is -0.472 e. The topological polar surface area (TPSA) is 86.3 Å². The van der Waals surface area contributed by atoms with Crippen molar-refractivity contribution in [2.75, 3.05) is 20.2 Å². The van der Waals surface area contributed by atoms with E-state index in [4.69, 9.17) is 9.15 Å². The van der Waals surface area contributed by atoms with Gasteiger partial charge in [0.2, 0.25) is 0 Å². The first-order valence-corrected chi connectivity index (χ1v) is 9.89. The van der Waals surface area contributed by atoms with Crippen molar-refractivity contribution >= 4 is 5.91 Å². The number of carbonyl (C=O) groups excluding carboxylic acids is 1. The highest BCUT2D eigenvalue weighted by Gasteiger charge is 2.44. The third kappa shape index (κ3) is 3.33. The summed E-state index contributed by atoms with van der Waals surface area (Å²) >= 11 is 0. The third-order valence-corrected chi connectivity index (χ3v) is 6.27. The molecule has 29 heavy (non-hydrogen) atoms. The second-order valence-electron chi connectivity index (χ2n) is 7.87. The van der Waals surface area contributed by atoms with E-state index in [0.29, 0.717) is 17.4 Å². The van der Waals surface area contributed by atoms with E-state index in [1.807, 2.05) is 27.9 Å². The zero-order valence-corrected chi connectivity index (χ0v) is 16.2. The molecule has 0 unspecified atom stereocenters. The maximum Gasteiger partial charge on any atom is 0.257 e. The van der Waals surface area contributed by atoms with Crippen molar-refractivity contribution in [3.63, 3.8) is 0 Å². The van der Waals surface area contributed by atoms with E-state index in [9.17, 15) is 4.79 Å². The van der Waals surface area contributed by atoms with Crippen LogP contribution in [0.25, 0.3) is 11.3 Å². The molecule has 0 bridgehead atoms. The van der Waals surface area contributed by atoms with Crippen LogP contribution in [0.5, 0.6) is 0 Å². The number of methoxy groups -OCH3 is 1. The van der Waals surface area contributed by atoms with E-state index in [-0.39, 0.29) is 18.1 Å². The molecule has 1 saturated heterocycles. The Hall–Kier alpha value is -3.00. The lowest BCUT2D eigenvalue weighted by atomic mass is 9.77. The Morgan fingerprint density at radius 3 is 2.69 bits per heavy atom. The molecule has 5 rings (SSSR count). The molecule has 0 spiro atoms. The van der Waals surface area contributed by atoms with Crippen LogP contribution >= 0.6 is 0 Å². The van der Waals surface area contributed by atoms with Crippen molar-refractivity contribution < 1.29 is 13.9 Å². The summed E-state index contributed by atoms with van der Waals surface area (Å²) in [6.45, 7) is 1.52. The summed E-state index contributed by atoms with van der Waals surface area (Å²) in [5, 5.41) is 8.74. The second-order valence-corrected chi connectivity index (χ2v) is 7.87. The zero-order valence-electron chi connectivity index (χ0n) is 16.2. The first-order chi connectivity index (χ1) is 14.2. The highest BCUT2D eigenvalue weighted by molar-refractivity contribution is 5.94. The molecule has 1 saturated carbocycles. The number of fused-ring (bicyclic) bond motifs is 1. The molecule has 2 fully saturated rings. The monoisotopic (exact) mass is 393 g/mol. The number of hydrogen-bond acceptors (Lipinski definition) is 6. The third-order valence-electron chi connectivity index (χ3n) is 6.27. The predicted molar refractivity (Wildman–Crippen MR) is 104 cm³/mol. The molecule has 1 aliphatic heterocycles. The molecule has 8 heteroatoms. The Labute approximate surface area is 168 Å². The largest absolute Gasteiger partial charge is 0.472 e. The minimum atomic E-state index is 0.0411. The van der Waals surface area contributed by atoms with Gasteiger partial charge >= 0.3 is 0 Å². The maximum atomic E-state index is 12.7. The van der Waals surface area contributed by atoms with E-state index in [1.165, 1.54) is 6.26 Å². The van der Waals surface area contributed by atoms with Crippen LogP contribution in [0.1, 0.15) is 29.2 Å². The number of carbonyl (C=O) groups is 1. The minimum absolute atomic E-state index is 0.0411. The number of amides is 1. The fraction of sp³-hybridized carbons (Fsp3) is 0.429. The molecular weight excluding hydrogens is 370 g/mol. The Kier molecular flexibility index (Phi) is 4.63. The van der Waals surface area contributed by atoms with Gasteiger partial charge in [-0.2, -0.15) is 0 Å². The van der Waals surface area contributed by atoms with E-state index in [0.717, 1.165) is 37.2 Å². The van der Waals surface area contributed by atoms with Gasteiger partial charge in [-0.15, -0.1) is 5.10 Å². The van der Waals surface area contributed by atoms with Crippen LogP contribution in [0.4, 0.5) is 0 Å². The number of pyridine rings is 1. The number of rotatable bonds is 4. The summed E-state index contributed by atoms with van der Waals surface area (Å²) in [6, 6.07) is 5.68. The molecule has 0 radical (unpaired) electrons. The predicted octanol–water partition coefficient (Wildman–Crippen LogP) is 2.67. The number of likely N-dealkylation sites (tertiary alicyclic amines) is 1. The molecule has 150 valence electrons. The molecule has 0 N–H and O–H groups in total. The average molecular weight is 393 g/mol. The van der Waals surface area contributed by atoms with Crippen molar-refractivity contribution in [1.29, 1.82) is 0 Å². The quantitative estimate of drug-likeness (QED) is 0.677. The van der Waals surface area contributed by atoms with E-state index < -0.39 is 0 Å². The number of aromatic nitrogens is 4. The lowest BCUT2D eigenvalue weighted by molar-refractivity contribution is -0.00545. The Morgan fingerprint density at radius 2 is 1.97 bits per heavy atom. The van der Waals surface area contributed by atoms with Crippen LogP contribution in [0.2, 0.25) is 0 Å². The van der Waals surface area contributed by atoms with Gasteiger partial charge in [0.15, 0.2) is 0 Å². The summed E-state index contributed by atoms with van der Waals surface area (Å²) in [5.41, 5.74) is 2.43. The molecule has 4 atom stereocenters. The van der Waals surface area contributed by atoms with Crippen LogP contribution in [-0.2, 0) is 4.74 Å². The zero-order chi connectivity index (χ0) is 19.8. The van der Waals surface area contributed by atoms with Crippen molar-refractivity contribution in [3.8, 4) is 11.3 Å². The molecule has 3 aromatic heterocycles. The first kappa shape index (κ1) is 18.1. The van der Waals surface area contributed by atoms with Crippen molar-refractivity contribution in [3.05, 3.63) is 54.9 Å². The van der Waals surface area contributed by atoms with E-state index in [1.54, 1.807) is 31.8 Å². The lowest BCUT2D eigenvalue weighted by Gasteiger charge is -2.36. The second kappa shape index (κ2) is 7.44. The molecule has 0 aromatic carbocycles. The molecule has 8 nitrogen and oxygen atoms in total. The van der Waals surface area contributed by atoms with E-state index in [2.05, 4.69) is 15.3 Å². The van der Waals surface area contributed by atoms with Gasteiger partial charge in [-0.05, 0) is 42.9 Å². The van der Waals surface area contributed by atoms with Gasteiger partial charge in [-0.1, -0.05) is 5.21 Å². The fourth-order valence-corrected chi connectivity index (χ4v) is 4.75. The molecule has 4 heterocycles. The molecular formula is C21H23N5O3. The van der Waals surface area contributed by atoms with Gasteiger partial charge in [0.1, 0.15) is 12.0 Å². The fourth-order valence-electron chi connectivity index (χ4n) is 4.75. The number of furan rings is 1. The normalized spacial score (nSPS) is 26.4. The van der Waals surface area contributed by atoms with Crippen LogP contribution < -0.4 is 0 Å². The number of hydrogen-bond donors (Lipinski definition) is 0. The van der Waals surface area contributed by atoms with Gasteiger partial charge in [0, 0.05) is 38.2 Å². The van der Waals surface area contributed by atoms with Crippen LogP contribution in [0.15, 0.2) is 53.7 Å². The van der Waals surface area contributed by atoms with Gasteiger partial charge < -0.3 is 14.1 Å². The van der Waals surface area contributed by atoms with Gasteiger partial charge in [-0.25, -0.2) is 4.68 Å². The van der Waals surface area contributed by atoms with Crippen molar-refractivity contribution in [2.45, 2.75) is 25.0 Å². The highest BCUT2D eigenvalue weighted by Crippen LogP contribution is 2.42. The SMILES string of the molecule is CO[C@@H]1C[C@H]2CN(C(=O)c3ccoc3)C[C@H]2C[C@H]1n1cc(-c2ccncc2)nn1. The summed E-state index contributed by atoms with van der Waals surface area (Å²) in [7, 11) is 1.75. The Balaban J connectivity index is 1.34. The molecule has 3 aromatic rings. The standard InChI is InChI=1S/C21H23N5O3/c1-28-20-9-17-11-25(21(27)15-4-7-29-13-15)10-16(17)8-19(20)26-12-18(23-24-26)14-2-5-22-6-3-14/h2-7,12-13,16-17,19-20H,8-11H2,1H3/t16-,17+,19-,20-/m1/s1. The number of ether oxygens (including phenoxy) is 1. The molecule has 2 aliphatic rings. The summed E-state index contributed by atoms with van der Waals surface area (Å²) in [5.74, 6) is 0.908. The van der Waals surface area contributed by atoms with Crippen LogP contribution in [0, 0.1) is 11.8 Å². The van der Waals surface area contributed by atoms with Crippen LogP contribution in [0.3, 0.4) is 0 Å². The van der Waals surface area contributed by atoms with Crippen LogP contribution in [-0.4, -0.2) is 57.1 Å². The number of nitrogens with zero attached hydrogens (tertiary/aromatic N) is 5. The summed E-state index contributed by atoms with van der Waals surface area (Å²) < 4.78 is 12.8. The highest BCUT2D eigenvalue weighted by atomic mass is 16.5.